The average molecular weight is 304 g/mol. The lowest BCUT2D eigenvalue weighted by atomic mass is 10.2. The van der Waals surface area contributed by atoms with Crippen molar-refractivity contribution in [1.82, 2.24) is 15.0 Å². The second kappa shape index (κ2) is 5.15. The van der Waals surface area contributed by atoms with E-state index in [1.54, 1.807) is 12.3 Å². The van der Waals surface area contributed by atoms with Gasteiger partial charge in [-0.15, -0.1) is 0 Å². The first-order valence-electron chi connectivity index (χ1n) is 5.76. The number of nitrogens with two attached hydrogens (primary N) is 1. The van der Waals surface area contributed by atoms with Crippen LogP contribution in [0.3, 0.4) is 0 Å². The molecule has 0 saturated heterocycles. The Morgan fingerprint density at radius 2 is 2.10 bits per heavy atom. The largest absolute Gasteiger partial charge is 0.384 e. The van der Waals surface area contributed by atoms with E-state index in [1.807, 2.05) is 24.3 Å². The number of nitrogens with one attached hydrogen (secondary N) is 2. The average Bonchev–Trinajstić information content (AvgIpc) is 2.83. The van der Waals surface area contributed by atoms with Gasteiger partial charge in [0.25, 0.3) is 0 Å². The molecule has 4 N–H and O–H groups in total. The Bertz CT molecular complexity index is 765. The van der Waals surface area contributed by atoms with E-state index in [4.69, 9.17) is 22.7 Å². The number of para-hydroxylation sites is 2. The molecule has 20 heavy (non-hydrogen) atoms. The van der Waals surface area contributed by atoms with E-state index < -0.39 is 0 Å². The Morgan fingerprint density at radius 3 is 2.85 bits per heavy atom. The molecule has 2 aromatic heterocycles. The van der Waals surface area contributed by atoms with E-state index in [2.05, 4.69) is 15.0 Å². The minimum Gasteiger partial charge on any atom is -0.384 e. The van der Waals surface area contributed by atoms with E-state index in [0.717, 1.165) is 11.0 Å². The molecule has 0 radical (unpaired) electrons. The van der Waals surface area contributed by atoms with Crippen LogP contribution in [0.25, 0.3) is 11.0 Å². The predicted octanol–water partition coefficient (Wildman–Crippen LogP) is 3.05. The van der Waals surface area contributed by atoms with Crippen LogP contribution in [-0.2, 0) is 0 Å². The van der Waals surface area contributed by atoms with Crippen molar-refractivity contribution in [3.8, 4) is 0 Å². The zero-order valence-corrected chi connectivity index (χ0v) is 11.8. The number of hydrogen-bond donors (Lipinski definition) is 3. The lowest BCUT2D eigenvalue weighted by molar-refractivity contribution is 1.05. The van der Waals surface area contributed by atoms with Crippen LogP contribution in [0.2, 0.25) is 5.02 Å². The first kappa shape index (κ1) is 13.0. The predicted molar refractivity (Wildman–Crippen MR) is 80.5 cm³/mol. The number of benzene rings is 1. The molecule has 0 aliphatic rings. The van der Waals surface area contributed by atoms with E-state index in [1.165, 1.54) is 11.8 Å². The van der Waals surface area contributed by atoms with Gasteiger partial charge in [-0.2, -0.15) is 0 Å². The fraction of sp³-hybridized carbons (Fsp3) is 0. The van der Waals surface area contributed by atoms with Gasteiger partial charge in [0.15, 0.2) is 5.16 Å². The first-order valence-corrected chi connectivity index (χ1v) is 6.96. The number of nitrogens with zero attached hydrogens (tertiary/aromatic N) is 2. The second-order valence-electron chi connectivity index (χ2n) is 4.05. The third kappa shape index (κ3) is 2.35. The van der Waals surface area contributed by atoms with Crippen molar-refractivity contribution in [2.75, 3.05) is 0 Å². The van der Waals surface area contributed by atoms with Crippen molar-refractivity contribution < 1.29 is 0 Å². The summed E-state index contributed by atoms with van der Waals surface area (Å²) < 4.78 is 0. The van der Waals surface area contributed by atoms with Gasteiger partial charge >= 0.3 is 0 Å². The molecule has 0 atom stereocenters. The summed E-state index contributed by atoms with van der Waals surface area (Å²) in [6, 6.07) is 9.37. The minimum absolute atomic E-state index is 0.0798. The molecule has 0 fully saturated rings. The molecule has 0 bridgehead atoms. The maximum Gasteiger partial charge on any atom is 0.172 e. The number of pyridine rings is 1. The Hall–Kier alpha value is -2.05. The van der Waals surface area contributed by atoms with E-state index in [-0.39, 0.29) is 5.84 Å². The van der Waals surface area contributed by atoms with Crippen LogP contribution in [0.1, 0.15) is 5.56 Å². The number of aromatic amines is 1. The molecule has 7 heteroatoms. The molecule has 100 valence electrons. The van der Waals surface area contributed by atoms with Crippen molar-refractivity contribution in [3.63, 3.8) is 0 Å². The maximum atomic E-state index is 7.47. The SMILES string of the molecule is N=C(N)c1ccnc(Sc2nc3ccccc3[nH]2)c1Cl. The highest BCUT2D eigenvalue weighted by atomic mass is 35.5. The summed E-state index contributed by atoms with van der Waals surface area (Å²) in [5.41, 5.74) is 7.78. The second-order valence-corrected chi connectivity index (χ2v) is 5.41. The molecule has 0 spiro atoms. The van der Waals surface area contributed by atoms with Crippen molar-refractivity contribution in [2.24, 2.45) is 5.73 Å². The smallest absolute Gasteiger partial charge is 0.172 e. The van der Waals surface area contributed by atoms with E-state index >= 15 is 0 Å². The maximum absolute atomic E-state index is 7.47. The van der Waals surface area contributed by atoms with Crippen molar-refractivity contribution >= 4 is 40.2 Å². The fourth-order valence-corrected chi connectivity index (χ4v) is 2.90. The van der Waals surface area contributed by atoms with Gasteiger partial charge in [-0.05, 0) is 30.0 Å². The number of H-pyrrole nitrogens is 1. The first-order chi connectivity index (χ1) is 9.65. The lowest BCUT2D eigenvalue weighted by Crippen LogP contribution is -2.12. The summed E-state index contributed by atoms with van der Waals surface area (Å²) in [6.45, 7) is 0. The van der Waals surface area contributed by atoms with E-state index in [9.17, 15) is 0 Å². The highest BCUT2D eigenvalue weighted by molar-refractivity contribution is 7.99. The van der Waals surface area contributed by atoms with Crippen LogP contribution in [0, 0.1) is 5.41 Å². The summed E-state index contributed by atoms with van der Waals surface area (Å²) >= 11 is 7.52. The van der Waals surface area contributed by atoms with E-state index in [0.29, 0.717) is 20.8 Å². The number of hydrogen-bond acceptors (Lipinski definition) is 4. The molecule has 3 rings (SSSR count). The molecule has 3 aromatic rings. The highest BCUT2D eigenvalue weighted by Gasteiger charge is 2.13. The van der Waals surface area contributed by atoms with Crippen molar-refractivity contribution in [2.45, 2.75) is 10.2 Å². The Balaban J connectivity index is 1.98. The molecular formula is C13H10ClN5S. The number of rotatable bonds is 3. The molecule has 0 aliphatic carbocycles. The van der Waals surface area contributed by atoms with Gasteiger partial charge in [0.1, 0.15) is 10.9 Å². The van der Waals surface area contributed by atoms with Crippen LogP contribution in [0.4, 0.5) is 0 Å². The van der Waals surface area contributed by atoms with Crippen LogP contribution in [-0.4, -0.2) is 20.8 Å². The van der Waals surface area contributed by atoms with Crippen LogP contribution >= 0.6 is 23.4 Å². The van der Waals surface area contributed by atoms with Gasteiger partial charge in [0.2, 0.25) is 0 Å². The van der Waals surface area contributed by atoms with Gasteiger partial charge in [0.05, 0.1) is 16.1 Å². The monoisotopic (exact) mass is 303 g/mol. The Kier molecular flexibility index (Phi) is 3.33. The number of imidazole rings is 1. The third-order valence-electron chi connectivity index (χ3n) is 2.71. The number of nitrogen functional groups attached to an aromatic ring is 1. The number of aromatic nitrogens is 3. The molecule has 1 aromatic carbocycles. The number of amidine groups is 1. The summed E-state index contributed by atoms with van der Waals surface area (Å²) in [4.78, 5) is 11.8. The molecular weight excluding hydrogens is 294 g/mol. The lowest BCUT2D eigenvalue weighted by Gasteiger charge is -2.05. The number of fused-ring (bicyclic) bond motifs is 1. The number of halogens is 1. The van der Waals surface area contributed by atoms with Gasteiger partial charge in [-0.1, -0.05) is 23.7 Å². The van der Waals surface area contributed by atoms with Gasteiger partial charge in [-0.3, -0.25) is 5.41 Å². The standard InChI is InChI=1S/C13H10ClN5S/c14-10-7(11(15)16)5-6-17-12(10)20-13-18-8-3-1-2-4-9(8)19-13/h1-6H,(H3,15,16)(H,18,19). The zero-order chi connectivity index (χ0) is 14.1. The summed E-state index contributed by atoms with van der Waals surface area (Å²) in [7, 11) is 0. The zero-order valence-electron chi connectivity index (χ0n) is 10.2. The van der Waals surface area contributed by atoms with Gasteiger partial charge in [0, 0.05) is 11.8 Å². The quantitative estimate of drug-likeness (QED) is 0.512. The van der Waals surface area contributed by atoms with Crippen LogP contribution in [0.15, 0.2) is 46.7 Å². The fourth-order valence-electron chi connectivity index (χ4n) is 1.77. The van der Waals surface area contributed by atoms with Gasteiger partial charge < -0.3 is 10.7 Å². The summed E-state index contributed by atoms with van der Waals surface area (Å²) in [6.07, 6.45) is 1.58. The van der Waals surface area contributed by atoms with Crippen molar-refractivity contribution in [3.05, 3.63) is 47.1 Å². The molecule has 0 aliphatic heterocycles. The molecule has 2 heterocycles. The summed E-state index contributed by atoms with van der Waals surface area (Å²) in [5.74, 6) is -0.0798. The molecule has 0 amide bonds. The van der Waals surface area contributed by atoms with Gasteiger partial charge in [-0.25, -0.2) is 9.97 Å². The Labute approximate surface area is 124 Å². The third-order valence-corrected chi connectivity index (χ3v) is 4.09. The minimum atomic E-state index is -0.0798. The molecule has 5 nitrogen and oxygen atoms in total. The molecule has 0 saturated carbocycles. The Morgan fingerprint density at radius 1 is 1.30 bits per heavy atom. The van der Waals surface area contributed by atoms with Crippen LogP contribution in [0.5, 0.6) is 0 Å². The van der Waals surface area contributed by atoms with Crippen molar-refractivity contribution in [1.29, 1.82) is 5.41 Å². The summed E-state index contributed by atoms with van der Waals surface area (Å²) in [5, 5.41) is 9.10. The normalized spacial score (nSPS) is 10.8. The highest BCUT2D eigenvalue weighted by Crippen LogP contribution is 2.32. The molecule has 0 unspecified atom stereocenters. The van der Waals surface area contributed by atoms with Crippen LogP contribution < -0.4 is 5.73 Å². The topological polar surface area (TPSA) is 91.4 Å².